The van der Waals surface area contributed by atoms with Gasteiger partial charge in [0, 0.05) is 85.2 Å². The number of amides is 4. The number of aryl methyl sites for hydroxylation is 4. The maximum atomic E-state index is 13.9. The van der Waals surface area contributed by atoms with Crippen molar-refractivity contribution in [2.45, 2.75) is 151 Å². The van der Waals surface area contributed by atoms with Gasteiger partial charge in [-0.3, -0.25) is 28.8 Å². The number of sulfonamides is 2. The summed E-state index contributed by atoms with van der Waals surface area (Å²) in [6.45, 7) is 7.31. The summed E-state index contributed by atoms with van der Waals surface area (Å²) in [5.41, 5.74) is 8.41. The van der Waals surface area contributed by atoms with Gasteiger partial charge < -0.3 is 66.6 Å². The van der Waals surface area contributed by atoms with Crippen molar-refractivity contribution in [3.63, 3.8) is 0 Å². The van der Waals surface area contributed by atoms with Crippen LogP contribution in [0, 0.1) is 11.8 Å². The predicted molar refractivity (Wildman–Crippen MR) is 428 cm³/mol. The second-order valence-corrected chi connectivity index (χ2v) is 32.7. The van der Waals surface area contributed by atoms with Crippen LogP contribution in [0.1, 0.15) is 188 Å². The number of nitrogens with zero attached hydrogens (tertiary/aromatic N) is 4. The van der Waals surface area contributed by atoms with E-state index >= 15 is 0 Å². The molecule has 0 radical (unpaired) electrons. The summed E-state index contributed by atoms with van der Waals surface area (Å²) in [5.74, 6) is -7.11. The topological polar surface area (TPSA) is 384 Å². The van der Waals surface area contributed by atoms with Crippen LogP contribution in [0.3, 0.4) is 0 Å². The number of hydrogen-bond donors (Lipinski definition) is 6. The zero-order valence-corrected chi connectivity index (χ0v) is 72.1. The minimum atomic E-state index is -4.00. The third-order valence-electron chi connectivity index (χ3n) is 21.6. The molecule has 4 aliphatic rings. The van der Waals surface area contributed by atoms with Crippen molar-refractivity contribution in [3.05, 3.63) is 238 Å². The third-order valence-corrected chi connectivity index (χ3v) is 25.6. The first-order valence-electron chi connectivity index (χ1n) is 38.4. The molecule has 0 atom stereocenters. The normalized spacial score (nSPS) is 16.8. The minimum Gasteiger partial charge on any atom is -0.545 e. The van der Waals surface area contributed by atoms with Gasteiger partial charge in [0.2, 0.25) is 20.0 Å². The van der Waals surface area contributed by atoms with E-state index in [-0.39, 0.29) is 166 Å². The van der Waals surface area contributed by atoms with E-state index in [0.717, 1.165) is 98.3 Å². The first kappa shape index (κ1) is 92.1. The van der Waals surface area contributed by atoms with E-state index in [1.807, 2.05) is 60.7 Å². The standard InChI is InChI=1S/2C43H48N4O8S.K.Na.H2O/c2*1-2-47(35-21-17-32(18-22-35)43(52)53)56(54,55)37-8-6-7-33(27-37)40(48)45-39-24-23-36(46-25-4-3-5-26-46)28-38(39)41(49)44-34-19-13-30(14-20-34)10-9-29-11-15-31(16-12-29)42(50)51;;;/h2*6-8,11-16,19-20,23-24,27-28,32,35H,2-5,9-10,17-18,21-22,25-26H2,1H3,(H,44,49)(H,45,48)(H,50,51)(H,52,53);;;1H2/q;;2*+1;/p-2. The van der Waals surface area contributed by atoms with E-state index in [9.17, 15) is 75.6 Å². The van der Waals surface area contributed by atoms with Crippen LogP contribution < -0.4 is 122 Å². The molecule has 0 unspecified atom stereocenters. The van der Waals surface area contributed by atoms with Gasteiger partial charge in [0.25, 0.3) is 23.6 Å². The van der Waals surface area contributed by atoms with Gasteiger partial charge in [-0.25, -0.2) is 16.8 Å². The molecule has 0 bridgehead atoms. The van der Waals surface area contributed by atoms with Gasteiger partial charge in [0.15, 0.2) is 0 Å². The molecule has 4 amide bonds. The number of benzene rings is 8. The summed E-state index contributed by atoms with van der Waals surface area (Å²) in [6, 6.07) is 49.8. The van der Waals surface area contributed by atoms with E-state index in [2.05, 4.69) is 31.1 Å². The molecule has 8 N–H and O–H groups in total. The van der Waals surface area contributed by atoms with Crippen molar-refractivity contribution >= 4 is 102 Å². The molecule has 115 heavy (non-hydrogen) atoms. The molecule has 2 heterocycles. The molecule has 2 aliphatic carbocycles. The average molecular weight is 1640 g/mol. The average Bonchev–Trinajstić information content (AvgIpc) is 0.803. The minimum absolute atomic E-state index is 0. The molecular weight excluding hydrogens is 1540 g/mol. The van der Waals surface area contributed by atoms with Gasteiger partial charge in [-0.15, -0.1) is 0 Å². The van der Waals surface area contributed by atoms with Crippen LogP contribution in [0.4, 0.5) is 34.1 Å². The second kappa shape index (κ2) is 43.1. The zero-order chi connectivity index (χ0) is 79.6. The first-order valence-corrected chi connectivity index (χ1v) is 41.2. The number of carboxylic acids is 4. The molecule has 29 heteroatoms. The van der Waals surface area contributed by atoms with Crippen molar-refractivity contribution < 1.29 is 162 Å². The summed E-state index contributed by atoms with van der Waals surface area (Å²) < 4.78 is 58.3. The van der Waals surface area contributed by atoms with Crippen molar-refractivity contribution in [1.29, 1.82) is 0 Å². The Hall–Kier alpha value is -8.46. The fourth-order valence-electron chi connectivity index (χ4n) is 15.2. The fourth-order valence-corrected chi connectivity index (χ4v) is 18.7. The Morgan fingerprint density at radius 2 is 0.713 bits per heavy atom. The molecule has 25 nitrogen and oxygen atoms in total. The first-order chi connectivity index (χ1) is 53.8. The van der Waals surface area contributed by atoms with Crippen LogP contribution in [-0.4, -0.2) is 140 Å². The Balaban J connectivity index is 0.000000280. The van der Waals surface area contributed by atoms with Crippen LogP contribution >= 0.6 is 0 Å². The van der Waals surface area contributed by atoms with E-state index in [0.29, 0.717) is 88.4 Å². The molecule has 596 valence electrons. The van der Waals surface area contributed by atoms with Crippen molar-refractivity contribution in [2.24, 2.45) is 11.8 Å². The Morgan fingerprint density at radius 1 is 0.400 bits per heavy atom. The summed E-state index contributed by atoms with van der Waals surface area (Å²) in [4.78, 5) is 105. The van der Waals surface area contributed by atoms with E-state index < -0.39 is 79.4 Å². The number of nitrogens with one attached hydrogen (secondary N) is 4. The number of rotatable bonds is 28. The number of carboxylic acid groups (broad SMARTS) is 4. The SMILES string of the molecule is CCN(C1CCC(C(=O)O)CC1)S(=O)(=O)c1cccc(C(=O)Nc2ccc(N3CCCCC3)cc2C(=O)Nc2ccc(CCc3ccc(C(=O)[O-])cc3)cc2)c1.CCN(C1CCC(C(=O)O)CC1)S(=O)(=O)c1cccc(C(=O)Nc2ccc(N3CCCCC3)cc2C(=O)Nc2ccc(CCc3ccc(C(=O)[O-])cc3)cc2)c1.O.[K+].[Na+]. The summed E-state index contributed by atoms with van der Waals surface area (Å²) in [6.07, 6.45) is 12.6. The molecular formula is C86H96KN8NaO17S2. The van der Waals surface area contributed by atoms with Gasteiger partial charge in [-0.2, -0.15) is 8.61 Å². The van der Waals surface area contributed by atoms with Gasteiger partial charge in [-0.05, 0) is 246 Å². The Labute approximate surface area is 736 Å². The number of carbonyl (C=O) groups excluding carboxylic acids is 6. The van der Waals surface area contributed by atoms with Crippen molar-refractivity contribution in [1.82, 2.24) is 8.61 Å². The van der Waals surface area contributed by atoms with Crippen LogP contribution in [0.5, 0.6) is 0 Å². The fraction of sp³-hybridized carbons (Fsp3) is 0.349. The quantitative estimate of drug-likeness (QED) is 0.0345. The second-order valence-electron chi connectivity index (χ2n) is 28.9. The number of carbonyl (C=O) groups is 8. The van der Waals surface area contributed by atoms with Gasteiger partial charge in [-0.1, -0.05) is 98.8 Å². The molecule has 8 aromatic carbocycles. The Morgan fingerprint density at radius 3 is 1.01 bits per heavy atom. The van der Waals surface area contributed by atoms with E-state index in [1.54, 1.807) is 62.4 Å². The maximum absolute atomic E-state index is 13.9. The van der Waals surface area contributed by atoms with Crippen molar-refractivity contribution in [3.8, 4) is 0 Å². The van der Waals surface area contributed by atoms with Gasteiger partial charge in [0.05, 0.1) is 56.1 Å². The zero-order valence-electron chi connectivity index (χ0n) is 65.3. The van der Waals surface area contributed by atoms with Crippen LogP contribution in [0.2, 0.25) is 0 Å². The van der Waals surface area contributed by atoms with Crippen LogP contribution in [0.25, 0.3) is 0 Å². The number of aliphatic carboxylic acids is 2. The summed E-state index contributed by atoms with van der Waals surface area (Å²) >= 11 is 0. The molecule has 4 fully saturated rings. The molecule has 0 spiro atoms. The number of anilines is 6. The molecule has 12 rings (SSSR count). The van der Waals surface area contributed by atoms with Gasteiger partial charge in [0.1, 0.15) is 0 Å². The maximum Gasteiger partial charge on any atom is 1.00 e. The Kier molecular flexibility index (Phi) is 34.5. The van der Waals surface area contributed by atoms with Crippen LogP contribution in [-0.2, 0) is 55.3 Å². The van der Waals surface area contributed by atoms with Crippen LogP contribution in [0.15, 0.2) is 192 Å². The van der Waals surface area contributed by atoms with Crippen molar-refractivity contribution in [2.75, 3.05) is 70.3 Å². The molecule has 8 aromatic rings. The molecule has 0 aromatic heterocycles. The largest absolute Gasteiger partial charge is 1.00 e. The van der Waals surface area contributed by atoms with E-state index in [4.69, 9.17) is 0 Å². The van der Waals surface area contributed by atoms with E-state index in [1.165, 1.54) is 81.4 Å². The number of aromatic carboxylic acids is 2. The molecule has 2 saturated heterocycles. The molecule has 2 saturated carbocycles. The number of hydrogen-bond acceptors (Lipinski definition) is 16. The number of piperidine rings is 2. The monoisotopic (exact) mass is 1640 g/mol. The summed E-state index contributed by atoms with van der Waals surface area (Å²) in [5, 5.41) is 52.5. The van der Waals surface area contributed by atoms with Gasteiger partial charge >= 0.3 is 92.9 Å². The third kappa shape index (κ3) is 24.4. The molecule has 2 aliphatic heterocycles. The Bertz CT molecular complexity index is 4650. The smallest absolute Gasteiger partial charge is 0.545 e. The summed E-state index contributed by atoms with van der Waals surface area (Å²) in [7, 11) is -8.01. The predicted octanol–water partition coefficient (Wildman–Crippen LogP) is 5.15.